The predicted octanol–water partition coefficient (Wildman–Crippen LogP) is 1.60. The zero-order valence-corrected chi connectivity index (χ0v) is 10.3. The zero-order chi connectivity index (χ0) is 12.0. The maximum absolute atomic E-state index is 10.5. The first-order valence-corrected chi connectivity index (χ1v) is 6.13. The van der Waals surface area contributed by atoms with Crippen LogP contribution in [-0.4, -0.2) is 48.3 Å². The molecule has 0 aromatic carbocycles. The fraction of sp³-hybridized carbons (Fsp3) is 0.917. The molecule has 0 saturated carbocycles. The highest BCUT2D eigenvalue weighted by atomic mass is 16.5. The third-order valence-corrected chi connectivity index (χ3v) is 2.93. The fourth-order valence-electron chi connectivity index (χ4n) is 1.88. The van der Waals surface area contributed by atoms with Crippen molar-refractivity contribution in [3.05, 3.63) is 0 Å². The molecule has 0 spiro atoms. The van der Waals surface area contributed by atoms with E-state index in [9.17, 15) is 4.79 Å². The molecule has 1 saturated heterocycles. The Balaban J connectivity index is 2.21. The van der Waals surface area contributed by atoms with Crippen LogP contribution in [-0.2, 0) is 9.53 Å². The number of morpholine rings is 1. The zero-order valence-electron chi connectivity index (χ0n) is 10.3. The molecular formula is C12H23NO3. The van der Waals surface area contributed by atoms with Gasteiger partial charge in [0, 0.05) is 19.5 Å². The van der Waals surface area contributed by atoms with E-state index in [2.05, 4.69) is 18.7 Å². The first-order valence-electron chi connectivity index (χ1n) is 6.13. The van der Waals surface area contributed by atoms with E-state index in [1.165, 1.54) is 6.42 Å². The fourth-order valence-corrected chi connectivity index (χ4v) is 1.88. The first-order chi connectivity index (χ1) is 7.58. The van der Waals surface area contributed by atoms with Crippen LogP contribution in [0.25, 0.3) is 0 Å². The van der Waals surface area contributed by atoms with E-state index in [4.69, 9.17) is 9.84 Å². The molecule has 0 aliphatic carbocycles. The first kappa shape index (κ1) is 13.5. The lowest BCUT2D eigenvalue weighted by molar-refractivity contribution is -0.138. The van der Waals surface area contributed by atoms with Gasteiger partial charge in [0.05, 0.1) is 12.7 Å². The molecule has 1 aliphatic heterocycles. The van der Waals surface area contributed by atoms with Crippen molar-refractivity contribution in [3.8, 4) is 0 Å². The highest BCUT2D eigenvalue weighted by molar-refractivity contribution is 5.66. The van der Waals surface area contributed by atoms with Crippen LogP contribution in [0.5, 0.6) is 0 Å². The third kappa shape index (κ3) is 5.47. The molecule has 1 N–H and O–H groups in total. The van der Waals surface area contributed by atoms with Gasteiger partial charge in [0.25, 0.3) is 0 Å². The molecule has 4 heteroatoms. The average Bonchev–Trinajstić information content (AvgIpc) is 2.24. The van der Waals surface area contributed by atoms with Crippen LogP contribution in [0, 0.1) is 5.92 Å². The highest BCUT2D eigenvalue weighted by Gasteiger charge is 2.20. The summed E-state index contributed by atoms with van der Waals surface area (Å²) in [5, 5.41) is 8.62. The molecule has 1 rings (SSSR count). The molecule has 0 aromatic rings. The summed E-state index contributed by atoms with van der Waals surface area (Å²) in [7, 11) is 0. The van der Waals surface area contributed by atoms with E-state index in [1.54, 1.807) is 0 Å². The van der Waals surface area contributed by atoms with Gasteiger partial charge < -0.3 is 9.84 Å². The van der Waals surface area contributed by atoms with Crippen LogP contribution in [0.4, 0.5) is 0 Å². The van der Waals surface area contributed by atoms with Gasteiger partial charge in [0.15, 0.2) is 0 Å². The molecule has 0 bridgehead atoms. The Morgan fingerprint density at radius 1 is 1.56 bits per heavy atom. The molecule has 1 atom stereocenters. The molecule has 0 radical (unpaired) electrons. The van der Waals surface area contributed by atoms with Gasteiger partial charge in [0.2, 0.25) is 0 Å². The van der Waals surface area contributed by atoms with Crippen LogP contribution in [0.3, 0.4) is 0 Å². The van der Waals surface area contributed by atoms with Gasteiger partial charge in [-0.1, -0.05) is 13.8 Å². The predicted molar refractivity (Wildman–Crippen MR) is 62.5 cm³/mol. The number of aliphatic carboxylic acids is 1. The van der Waals surface area contributed by atoms with Gasteiger partial charge in [-0.25, -0.2) is 0 Å². The van der Waals surface area contributed by atoms with Crippen molar-refractivity contribution < 1.29 is 14.6 Å². The van der Waals surface area contributed by atoms with Crippen molar-refractivity contribution in [2.24, 2.45) is 5.92 Å². The minimum Gasteiger partial charge on any atom is -0.481 e. The summed E-state index contributed by atoms with van der Waals surface area (Å²) >= 11 is 0. The number of carbonyl (C=O) groups is 1. The van der Waals surface area contributed by atoms with Gasteiger partial charge in [-0.15, -0.1) is 0 Å². The van der Waals surface area contributed by atoms with Gasteiger partial charge >= 0.3 is 5.97 Å². The number of hydrogen-bond acceptors (Lipinski definition) is 3. The topological polar surface area (TPSA) is 49.8 Å². The van der Waals surface area contributed by atoms with E-state index in [1.807, 2.05) is 0 Å². The molecule has 1 fully saturated rings. The summed E-state index contributed by atoms with van der Waals surface area (Å²) in [5.41, 5.74) is 0. The number of rotatable bonds is 6. The lowest BCUT2D eigenvalue weighted by Gasteiger charge is -2.33. The second kappa shape index (κ2) is 6.86. The molecule has 0 amide bonds. The lowest BCUT2D eigenvalue weighted by Crippen LogP contribution is -2.43. The van der Waals surface area contributed by atoms with Gasteiger partial charge in [-0.3, -0.25) is 9.69 Å². The van der Waals surface area contributed by atoms with Gasteiger partial charge in [0.1, 0.15) is 0 Å². The second-order valence-electron chi connectivity index (χ2n) is 4.91. The summed E-state index contributed by atoms with van der Waals surface area (Å²) < 4.78 is 5.56. The number of hydrogen-bond donors (Lipinski definition) is 1. The van der Waals surface area contributed by atoms with E-state index in [-0.39, 0.29) is 12.5 Å². The third-order valence-electron chi connectivity index (χ3n) is 2.93. The minimum atomic E-state index is -0.733. The summed E-state index contributed by atoms with van der Waals surface area (Å²) in [6, 6.07) is 0. The lowest BCUT2D eigenvalue weighted by atomic mass is 10.1. The largest absolute Gasteiger partial charge is 0.481 e. The minimum absolute atomic E-state index is 0.108. The molecule has 0 aromatic heterocycles. The maximum Gasteiger partial charge on any atom is 0.303 e. The van der Waals surface area contributed by atoms with E-state index >= 15 is 0 Å². The normalized spacial score (nSPS) is 22.6. The molecule has 16 heavy (non-hydrogen) atoms. The van der Waals surface area contributed by atoms with E-state index in [0.29, 0.717) is 6.42 Å². The van der Waals surface area contributed by atoms with E-state index < -0.39 is 5.97 Å². The van der Waals surface area contributed by atoms with E-state index in [0.717, 1.165) is 32.2 Å². The number of carboxylic acids is 1. The van der Waals surface area contributed by atoms with Crippen LogP contribution in [0.15, 0.2) is 0 Å². The molecule has 4 nitrogen and oxygen atoms in total. The van der Waals surface area contributed by atoms with Crippen LogP contribution < -0.4 is 0 Å². The van der Waals surface area contributed by atoms with Crippen molar-refractivity contribution >= 4 is 5.97 Å². The molecular weight excluding hydrogens is 206 g/mol. The Kier molecular flexibility index (Phi) is 5.77. The van der Waals surface area contributed by atoms with Gasteiger partial charge in [-0.05, 0) is 25.3 Å². The Hall–Kier alpha value is -0.610. The number of carboxylic acid groups (broad SMARTS) is 1. The smallest absolute Gasteiger partial charge is 0.303 e. The van der Waals surface area contributed by atoms with Crippen LogP contribution in [0.2, 0.25) is 0 Å². The Labute approximate surface area is 97.6 Å². The maximum atomic E-state index is 10.5. The standard InChI is InChI=1S/C12H23NO3/c1-10(2)5-6-13-7-8-16-11(9-13)3-4-12(14)15/h10-11H,3-9H2,1-2H3,(H,14,15). The second-order valence-corrected chi connectivity index (χ2v) is 4.91. The summed E-state index contributed by atoms with van der Waals surface area (Å²) in [4.78, 5) is 12.9. The summed E-state index contributed by atoms with van der Waals surface area (Å²) in [6.45, 7) is 8.16. The Morgan fingerprint density at radius 2 is 2.31 bits per heavy atom. The molecule has 1 heterocycles. The molecule has 94 valence electrons. The van der Waals surface area contributed by atoms with Crippen molar-refractivity contribution in [2.45, 2.75) is 39.2 Å². The van der Waals surface area contributed by atoms with Gasteiger partial charge in [-0.2, -0.15) is 0 Å². The van der Waals surface area contributed by atoms with Crippen molar-refractivity contribution in [1.82, 2.24) is 4.90 Å². The number of ether oxygens (including phenoxy) is 1. The summed E-state index contributed by atoms with van der Waals surface area (Å²) in [5.74, 6) is -0.0109. The number of nitrogens with zero attached hydrogens (tertiary/aromatic N) is 1. The van der Waals surface area contributed by atoms with Crippen LogP contribution in [0.1, 0.15) is 33.1 Å². The monoisotopic (exact) mass is 229 g/mol. The SMILES string of the molecule is CC(C)CCN1CCOC(CCC(=O)O)C1. The van der Waals surface area contributed by atoms with Crippen LogP contribution >= 0.6 is 0 Å². The molecule has 1 aliphatic rings. The Bertz CT molecular complexity index is 218. The molecule has 1 unspecified atom stereocenters. The average molecular weight is 229 g/mol. The quantitative estimate of drug-likeness (QED) is 0.751. The van der Waals surface area contributed by atoms with Crippen molar-refractivity contribution in [3.63, 3.8) is 0 Å². The Morgan fingerprint density at radius 3 is 2.94 bits per heavy atom. The highest BCUT2D eigenvalue weighted by Crippen LogP contribution is 2.12. The van der Waals surface area contributed by atoms with Crippen molar-refractivity contribution in [1.29, 1.82) is 0 Å². The summed E-state index contributed by atoms with van der Waals surface area (Å²) in [6.07, 6.45) is 2.15. The van der Waals surface area contributed by atoms with Crippen molar-refractivity contribution in [2.75, 3.05) is 26.2 Å².